The molecule has 132 valence electrons. The van der Waals surface area contributed by atoms with E-state index in [2.05, 4.69) is 4.90 Å². The van der Waals surface area contributed by atoms with Crippen molar-refractivity contribution >= 4 is 21.6 Å². The summed E-state index contributed by atoms with van der Waals surface area (Å²) in [5.74, 6) is 0.277. The Labute approximate surface area is 142 Å². The lowest BCUT2D eigenvalue weighted by atomic mass is 10.2. The lowest BCUT2D eigenvalue weighted by Crippen LogP contribution is -2.55. The fourth-order valence-electron chi connectivity index (χ4n) is 2.98. The van der Waals surface area contributed by atoms with Gasteiger partial charge in [-0.2, -0.15) is 0 Å². The average Bonchev–Trinajstić information content (AvgIpc) is 2.60. The van der Waals surface area contributed by atoms with Crippen LogP contribution in [0.1, 0.15) is 6.92 Å². The first-order valence-electron chi connectivity index (χ1n) is 8.16. The van der Waals surface area contributed by atoms with E-state index in [-0.39, 0.29) is 18.2 Å². The van der Waals surface area contributed by atoms with Crippen molar-refractivity contribution in [2.75, 3.05) is 49.8 Å². The molecule has 3 rings (SSSR count). The Hall–Kier alpha value is -1.80. The van der Waals surface area contributed by atoms with Crippen molar-refractivity contribution in [2.45, 2.75) is 13.0 Å². The van der Waals surface area contributed by atoms with Crippen LogP contribution in [0.25, 0.3) is 0 Å². The first kappa shape index (κ1) is 17.0. The van der Waals surface area contributed by atoms with Crippen LogP contribution in [0, 0.1) is 0 Å². The molecule has 0 bridgehead atoms. The molecule has 2 heterocycles. The van der Waals surface area contributed by atoms with Gasteiger partial charge in [0.2, 0.25) is 10.0 Å². The van der Waals surface area contributed by atoms with Crippen molar-refractivity contribution in [1.82, 2.24) is 9.80 Å². The van der Waals surface area contributed by atoms with Gasteiger partial charge in [0.15, 0.2) is 6.10 Å². The molecule has 0 radical (unpaired) electrons. The molecule has 1 atom stereocenters. The van der Waals surface area contributed by atoms with Gasteiger partial charge in [0.25, 0.3) is 5.91 Å². The van der Waals surface area contributed by atoms with Gasteiger partial charge in [-0.05, 0) is 26.1 Å². The van der Waals surface area contributed by atoms with Crippen molar-refractivity contribution < 1.29 is 17.9 Å². The number of hydrogen-bond acceptors (Lipinski definition) is 5. The van der Waals surface area contributed by atoms with Crippen molar-refractivity contribution in [3.05, 3.63) is 24.3 Å². The minimum atomic E-state index is -3.47. The number of para-hydroxylation sites is 2. The van der Waals surface area contributed by atoms with E-state index in [4.69, 9.17) is 4.74 Å². The van der Waals surface area contributed by atoms with Gasteiger partial charge >= 0.3 is 0 Å². The predicted molar refractivity (Wildman–Crippen MR) is 91.7 cm³/mol. The molecule has 7 nitrogen and oxygen atoms in total. The number of rotatable bonds is 3. The molecule has 0 N–H and O–H groups in total. The molecule has 1 aromatic carbocycles. The van der Waals surface area contributed by atoms with Gasteiger partial charge in [0.05, 0.1) is 18.0 Å². The SMILES string of the molecule is CCS(=O)(=O)N1C[C@H](C(=O)N2CCN(C)CC2)Oc2ccccc21. The maximum absolute atomic E-state index is 12.8. The van der Waals surface area contributed by atoms with Crippen molar-refractivity contribution in [1.29, 1.82) is 0 Å². The highest BCUT2D eigenvalue weighted by Crippen LogP contribution is 2.35. The van der Waals surface area contributed by atoms with E-state index in [1.165, 1.54) is 4.31 Å². The van der Waals surface area contributed by atoms with E-state index in [9.17, 15) is 13.2 Å². The molecule has 2 aliphatic rings. The molecule has 1 aromatic rings. The molecule has 0 spiro atoms. The number of likely N-dealkylation sites (N-methyl/N-ethyl adjacent to an activating group) is 1. The van der Waals surface area contributed by atoms with Crippen LogP contribution >= 0.6 is 0 Å². The number of hydrogen-bond donors (Lipinski definition) is 0. The number of anilines is 1. The Bertz CT molecular complexity index is 714. The summed E-state index contributed by atoms with van der Waals surface area (Å²) in [4.78, 5) is 16.7. The van der Waals surface area contributed by atoms with Gasteiger partial charge in [-0.3, -0.25) is 9.10 Å². The van der Waals surface area contributed by atoms with Crippen LogP contribution in [0.4, 0.5) is 5.69 Å². The van der Waals surface area contributed by atoms with Crippen molar-refractivity contribution in [3.8, 4) is 5.75 Å². The highest BCUT2D eigenvalue weighted by molar-refractivity contribution is 7.92. The van der Waals surface area contributed by atoms with Crippen LogP contribution in [0.3, 0.4) is 0 Å². The smallest absolute Gasteiger partial charge is 0.265 e. The second-order valence-electron chi connectivity index (χ2n) is 6.13. The molecule has 2 aliphatic heterocycles. The zero-order valence-corrected chi connectivity index (χ0v) is 14.8. The third kappa shape index (κ3) is 3.21. The Morgan fingerprint density at radius 3 is 2.54 bits per heavy atom. The van der Waals surface area contributed by atoms with Crippen LogP contribution in [0.5, 0.6) is 5.75 Å². The lowest BCUT2D eigenvalue weighted by molar-refractivity contribution is -0.140. The maximum Gasteiger partial charge on any atom is 0.265 e. The summed E-state index contributed by atoms with van der Waals surface area (Å²) in [6.07, 6.45) is -0.801. The molecular weight excluding hydrogens is 330 g/mol. The van der Waals surface area contributed by atoms with E-state index < -0.39 is 16.1 Å². The molecule has 1 saturated heterocycles. The molecule has 24 heavy (non-hydrogen) atoms. The predicted octanol–water partition coefficient (Wildman–Crippen LogP) is 0.378. The van der Waals surface area contributed by atoms with Gasteiger partial charge in [-0.15, -0.1) is 0 Å². The fraction of sp³-hybridized carbons (Fsp3) is 0.562. The minimum absolute atomic E-state index is 0.0171. The summed E-state index contributed by atoms with van der Waals surface area (Å²) in [7, 11) is -1.45. The fourth-order valence-corrected chi connectivity index (χ4v) is 4.11. The molecule has 0 aliphatic carbocycles. The van der Waals surface area contributed by atoms with Gasteiger partial charge in [-0.25, -0.2) is 8.42 Å². The van der Waals surface area contributed by atoms with Crippen molar-refractivity contribution in [2.24, 2.45) is 0 Å². The number of benzene rings is 1. The van der Waals surface area contributed by atoms with E-state index in [1.807, 2.05) is 7.05 Å². The topological polar surface area (TPSA) is 70.2 Å². The summed E-state index contributed by atoms with van der Waals surface area (Å²) >= 11 is 0. The van der Waals surface area contributed by atoms with Gasteiger partial charge in [-0.1, -0.05) is 12.1 Å². The Morgan fingerprint density at radius 2 is 1.88 bits per heavy atom. The first-order chi connectivity index (χ1) is 11.4. The quantitative estimate of drug-likeness (QED) is 0.786. The zero-order chi connectivity index (χ0) is 17.3. The van der Waals surface area contributed by atoms with Gasteiger partial charge < -0.3 is 14.5 Å². The van der Waals surface area contributed by atoms with Crippen molar-refractivity contribution in [3.63, 3.8) is 0 Å². The second kappa shape index (κ2) is 6.60. The van der Waals surface area contributed by atoms with Gasteiger partial charge in [0.1, 0.15) is 5.75 Å². The first-order valence-corrected chi connectivity index (χ1v) is 9.76. The third-order valence-electron chi connectivity index (χ3n) is 4.53. The number of ether oxygens (including phenoxy) is 1. The summed E-state index contributed by atoms with van der Waals surface area (Å²) in [6.45, 7) is 4.52. The molecule has 0 aromatic heterocycles. The maximum atomic E-state index is 12.8. The van der Waals surface area contributed by atoms with E-state index >= 15 is 0 Å². The lowest BCUT2D eigenvalue weighted by Gasteiger charge is -2.38. The van der Waals surface area contributed by atoms with Crippen LogP contribution in [-0.4, -0.2) is 75.8 Å². The number of amides is 1. The van der Waals surface area contributed by atoms with E-state index in [0.717, 1.165) is 13.1 Å². The highest BCUT2D eigenvalue weighted by atomic mass is 32.2. The summed E-state index contributed by atoms with van der Waals surface area (Å²) in [5, 5.41) is 0. The molecule has 1 amide bonds. The second-order valence-corrected chi connectivity index (χ2v) is 8.32. The average molecular weight is 353 g/mol. The number of piperazine rings is 1. The molecule has 8 heteroatoms. The molecule has 0 unspecified atom stereocenters. The number of carbonyl (C=O) groups excluding carboxylic acids is 1. The number of nitrogens with zero attached hydrogens (tertiary/aromatic N) is 3. The van der Waals surface area contributed by atoms with Crippen LogP contribution in [0.15, 0.2) is 24.3 Å². The number of sulfonamides is 1. The zero-order valence-electron chi connectivity index (χ0n) is 14.0. The molecule has 0 saturated carbocycles. The third-order valence-corrected chi connectivity index (χ3v) is 6.27. The standard InChI is InChI=1S/C16H23N3O4S/c1-3-24(21,22)19-12-15(23-14-7-5-4-6-13(14)19)16(20)18-10-8-17(2)9-11-18/h4-7,15H,3,8-12H2,1-2H3/t15-/m1/s1. The van der Waals surface area contributed by atoms with Crippen LogP contribution in [-0.2, 0) is 14.8 Å². The molecule has 1 fully saturated rings. The summed E-state index contributed by atoms with van der Waals surface area (Å²) in [6, 6.07) is 6.96. The normalized spacial score (nSPS) is 22.0. The number of fused-ring (bicyclic) bond motifs is 1. The molecular formula is C16H23N3O4S. The Balaban J connectivity index is 1.85. The number of carbonyl (C=O) groups is 1. The van der Waals surface area contributed by atoms with Gasteiger partial charge in [0, 0.05) is 26.2 Å². The Morgan fingerprint density at radius 1 is 1.21 bits per heavy atom. The minimum Gasteiger partial charge on any atom is -0.476 e. The van der Waals surface area contributed by atoms with E-state index in [0.29, 0.717) is 24.5 Å². The highest BCUT2D eigenvalue weighted by Gasteiger charge is 2.38. The van der Waals surface area contributed by atoms with Crippen LogP contribution < -0.4 is 9.04 Å². The monoisotopic (exact) mass is 353 g/mol. The Kier molecular flexibility index (Phi) is 4.69. The van der Waals surface area contributed by atoms with Crippen LogP contribution in [0.2, 0.25) is 0 Å². The largest absolute Gasteiger partial charge is 0.476 e. The van der Waals surface area contributed by atoms with E-state index in [1.54, 1.807) is 36.1 Å². The summed E-state index contributed by atoms with van der Waals surface area (Å²) < 4.78 is 32.0. The summed E-state index contributed by atoms with van der Waals surface area (Å²) in [5.41, 5.74) is 0.502.